The summed E-state index contributed by atoms with van der Waals surface area (Å²) in [5, 5.41) is 51.8. The van der Waals surface area contributed by atoms with Gasteiger partial charge in [-0.15, -0.1) is 11.3 Å². The van der Waals surface area contributed by atoms with Crippen LogP contribution in [-0.4, -0.2) is 61.1 Å². The van der Waals surface area contributed by atoms with Crippen LogP contribution >= 0.6 is 22.9 Å². The second-order valence-electron chi connectivity index (χ2n) is 15.0. The van der Waals surface area contributed by atoms with Crippen LogP contribution in [0.2, 0.25) is 5.02 Å². The van der Waals surface area contributed by atoms with Crippen molar-refractivity contribution in [3.8, 4) is 39.3 Å². The number of carboxylic acids is 2. The first kappa shape index (κ1) is 44.7. The maximum absolute atomic E-state index is 11.0. The second kappa shape index (κ2) is 20.6. The van der Waals surface area contributed by atoms with E-state index in [2.05, 4.69) is 54.5 Å². The molecule has 14 heteroatoms. The smallest absolute Gasteiger partial charge is 0.306 e. The molecule has 0 amide bonds. The lowest BCUT2D eigenvalue weighted by Gasteiger charge is -2.18. The van der Waals surface area contributed by atoms with E-state index in [1.165, 1.54) is 6.20 Å². The number of benzene rings is 4. The molecule has 2 heterocycles. The number of nitriles is 1. The molecule has 316 valence electrons. The highest BCUT2D eigenvalue weighted by Crippen LogP contribution is 2.39. The summed E-state index contributed by atoms with van der Waals surface area (Å²) < 4.78 is 13.7. The molecule has 0 unspecified atom stereocenters. The quantitative estimate of drug-likeness (QED) is 0.0491. The van der Waals surface area contributed by atoms with Crippen molar-refractivity contribution in [2.75, 3.05) is 6.54 Å². The lowest BCUT2D eigenvalue weighted by atomic mass is 9.91. The van der Waals surface area contributed by atoms with Gasteiger partial charge in [0.05, 0.1) is 45.9 Å². The highest BCUT2D eigenvalue weighted by Gasteiger charge is 2.19. The standard InChI is InChI=1S/C47H47ClN4O8S/c1-27-34(26-60-42-19-41(59-25-31-15-30(20-49)21-50-22-31)32(16-40(42)48)7-4-9-35(53)17-44(55)56)8-5-10-37(27)38-11-6-12-39(29(38)3)47-52-46-28(2)33(13-14-43(46)61-47)23-51-24-36(54)18-45(57)58/h5-6,8,10-16,19,21-22,35-36,51,53-54H,4,7,9,17-18,23-26H2,1-3H3,(H,55,56)(H,57,58)/t35-,36+/m1/s1. The number of aliphatic carboxylic acids is 2. The van der Waals surface area contributed by atoms with Gasteiger partial charge in [-0.1, -0.05) is 54.1 Å². The zero-order valence-corrected chi connectivity index (χ0v) is 35.6. The van der Waals surface area contributed by atoms with E-state index in [0.29, 0.717) is 53.5 Å². The molecule has 0 spiro atoms. The molecule has 0 saturated heterocycles. The fraction of sp³-hybridized carbons (Fsp3) is 0.298. The molecule has 0 bridgehead atoms. The topological polar surface area (TPSA) is 195 Å². The van der Waals surface area contributed by atoms with Crippen LogP contribution in [-0.2, 0) is 35.8 Å². The Bertz CT molecular complexity index is 2590. The summed E-state index contributed by atoms with van der Waals surface area (Å²) in [6, 6.07) is 23.8. The predicted octanol–water partition coefficient (Wildman–Crippen LogP) is 8.72. The molecule has 6 aromatic rings. The van der Waals surface area contributed by atoms with Crippen molar-refractivity contribution in [3.05, 3.63) is 129 Å². The number of hydrogen-bond donors (Lipinski definition) is 5. The summed E-state index contributed by atoms with van der Waals surface area (Å²) in [5.74, 6) is -1.17. The van der Waals surface area contributed by atoms with Gasteiger partial charge in [-0.05, 0) is 103 Å². The fourth-order valence-electron chi connectivity index (χ4n) is 7.20. The van der Waals surface area contributed by atoms with Crippen LogP contribution in [0.4, 0.5) is 0 Å². The van der Waals surface area contributed by atoms with Crippen molar-refractivity contribution in [2.45, 2.75) is 84.8 Å². The van der Waals surface area contributed by atoms with E-state index >= 15 is 0 Å². The third-order valence-electron chi connectivity index (χ3n) is 10.5. The molecule has 6 rings (SSSR count). The summed E-state index contributed by atoms with van der Waals surface area (Å²) in [6.45, 7) is 7.21. The number of rotatable bonds is 20. The van der Waals surface area contributed by atoms with Gasteiger partial charge in [0.25, 0.3) is 0 Å². The number of nitrogens with one attached hydrogen (secondary N) is 1. The highest BCUT2D eigenvalue weighted by molar-refractivity contribution is 7.21. The normalized spacial score (nSPS) is 12.2. The number of ether oxygens (including phenoxy) is 2. The monoisotopic (exact) mass is 862 g/mol. The molecule has 4 aromatic carbocycles. The maximum Gasteiger partial charge on any atom is 0.306 e. The number of hydrogen-bond acceptors (Lipinski definition) is 11. The summed E-state index contributed by atoms with van der Waals surface area (Å²) in [6.07, 6.45) is 1.80. The Labute approximate surface area is 363 Å². The minimum absolute atomic E-state index is 0.135. The molecular weight excluding hydrogens is 816 g/mol. The van der Waals surface area contributed by atoms with Gasteiger partial charge in [0.1, 0.15) is 35.8 Å². The zero-order valence-electron chi connectivity index (χ0n) is 34.1. The first-order valence-electron chi connectivity index (χ1n) is 19.8. The Balaban J connectivity index is 1.20. The number of aryl methyl sites for hydroxylation is 2. The molecular formula is C47H47ClN4O8S. The number of carbonyl (C=O) groups is 2. The van der Waals surface area contributed by atoms with Crippen molar-refractivity contribution >= 4 is 45.1 Å². The van der Waals surface area contributed by atoms with Gasteiger partial charge in [-0.2, -0.15) is 5.26 Å². The van der Waals surface area contributed by atoms with E-state index in [-0.39, 0.29) is 32.6 Å². The molecule has 0 aliphatic carbocycles. The van der Waals surface area contributed by atoms with E-state index in [9.17, 15) is 25.1 Å². The van der Waals surface area contributed by atoms with E-state index in [0.717, 1.165) is 65.3 Å². The lowest BCUT2D eigenvalue weighted by molar-refractivity contribution is -0.140. The van der Waals surface area contributed by atoms with Gasteiger partial charge in [0.2, 0.25) is 0 Å². The Morgan fingerprint density at radius 2 is 1.52 bits per heavy atom. The number of carboxylic acid groups (broad SMARTS) is 2. The van der Waals surface area contributed by atoms with Gasteiger partial charge in [-0.3, -0.25) is 14.6 Å². The number of aliphatic hydroxyl groups excluding tert-OH is 2. The van der Waals surface area contributed by atoms with Gasteiger partial charge in [0.15, 0.2) is 0 Å². The number of aromatic nitrogens is 2. The predicted molar refractivity (Wildman–Crippen MR) is 235 cm³/mol. The largest absolute Gasteiger partial charge is 0.488 e. The van der Waals surface area contributed by atoms with Gasteiger partial charge in [-0.25, -0.2) is 4.98 Å². The van der Waals surface area contributed by atoms with Gasteiger partial charge < -0.3 is 35.2 Å². The lowest BCUT2D eigenvalue weighted by Crippen LogP contribution is -2.28. The molecule has 0 aliphatic heterocycles. The first-order valence-corrected chi connectivity index (χ1v) is 21.0. The molecule has 61 heavy (non-hydrogen) atoms. The Kier molecular flexibility index (Phi) is 15.1. The molecule has 0 aliphatic rings. The number of thiazole rings is 1. The molecule has 2 aromatic heterocycles. The van der Waals surface area contributed by atoms with Crippen LogP contribution in [0.25, 0.3) is 31.9 Å². The van der Waals surface area contributed by atoms with Crippen LogP contribution < -0.4 is 14.8 Å². The third kappa shape index (κ3) is 11.5. The highest BCUT2D eigenvalue weighted by atomic mass is 35.5. The molecule has 2 atom stereocenters. The van der Waals surface area contributed by atoms with E-state index in [4.69, 9.17) is 36.3 Å². The Hall–Kier alpha value is -5.88. The van der Waals surface area contributed by atoms with Crippen molar-refractivity contribution in [1.29, 1.82) is 5.26 Å². The maximum atomic E-state index is 11.0. The average molecular weight is 863 g/mol. The van der Waals surface area contributed by atoms with Gasteiger partial charge in [0, 0.05) is 42.7 Å². The molecule has 0 radical (unpaired) electrons. The number of nitrogens with zero attached hydrogens (tertiary/aromatic N) is 3. The van der Waals surface area contributed by atoms with Crippen LogP contribution in [0.3, 0.4) is 0 Å². The fourth-order valence-corrected chi connectivity index (χ4v) is 8.55. The SMILES string of the molecule is Cc1c(COc2cc(OCc3cncc(C#N)c3)c(CCC[C@@H](O)CC(=O)O)cc2Cl)cccc1-c1cccc(-c2nc3c(C)c(CNC[C@@H](O)CC(=O)O)ccc3s2)c1C. The van der Waals surface area contributed by atoms with Crippen LogP contribution in [0, 0.1) is 32.1 Å². The van der Waals surface area contributed by atoms with E-state index < -0.39 is 24.1 Å². The van der Waals surface area contributed by atoms with Crippen molar-refractivity contribution < 1.29 is 39.5 Å². The summed E-state index contributed by atoms with van der Waals surface area (Å²) in [7, 11) is 0. The minimum Gasteiger partial charge on any atom is -0.488 e. The first-order chi connectivity index (χ1) is 29.3. The van der Waals surface area contributed by atoms with Crippen LogP contribution in [0.5, 0.6) is 11.5 Å². The van der Waals surface area contributed by atoms with Gasteiger partial charge >= 0.3 is 11.9 Å². The molecule has 0 fully saturated rings. The third-order valence-corrected chi connectivity index (χ3v) is 11.9. The van der Waals surface area contributed by atoms with E-state index in [1.807, 2.05) is 31.2 Å². The molecule has 12 nitrogen and oxygen atoms in total. The molecule has 5 N–H and O–H groups in total. The second-order valence-corrected chi connectivity index (χ2v) is 16.4. The zero-order chi connectivity index (χ0) is 43.6. The summed E-state index contributed by atoms with van der Waals surface area (Å²) >= 11 is 8.43. The van der Waals surface area contributed by atoms with Crippen LogP contribution in [0.15, 0.2) is 79.1 Å². The number of halogens is 1. The Morgan fingerprint density at radius 3 is 2.28 bits per heavy atom. The summed E-state index contributed by atoms with van der Waals surface area (Å²) in [5.41, 5.74) is 11.1. The summed E-state index contributed by atoms with van der Waals surface area (Å²) in [4.78, 5) is 31.2. The van der Waals surface area contributed by atoms with Crippen molar-refractivity contribution in [3.63, 3.8) is 0 Å². The van der Waals surface area contributed by atoms with Crippen molar-refractivity contribution in [1.82, 2.24) is 15.3 Å². The number of pyridine rings is 1. The van der Waals surface area contributed by atoms with Crippen LogP contribution in [0.1, 0.15) is 70.2 Å². The molecule has 0 saturated carbocycles. The van der Waals surface area contributed by atoms with E-state index in [1.54, 1.807) is 35.7 Å². The minimum atomic E-state index is -1.06. The number of fused-ring (bicyclic) bond motifs is 1. The Morgan fingerprint density at radius 1 is 0.820 bits per heavy atom. The average Bonchev–Trinajstić information content (AvgIpc) is 3.66. The number of aliphatic hydroxyl groups is 2. The van der Waals surface area contributed by atoms with Crippen molar-refractivity contribution in [2.24, 2.45) is 0 Å².